The highest BCUT2D eigenvalue weighted by Gasteiger charge is 1.81. The van der Waals surface area contributed by atoms with Crippen LogP contribution in [0.4, 0.5) is 0 Å². The molecule has 0 aliphatic rings. The molecule has 8 N–H and O–H groups in total. The maximum Gasteiger partial charge on any atom is 0.00267 e. The average molecular weight is 150 g/mol. The fourth-order valence-corrected chi connectivity index (χ4v) is 0.238. The molecule has 0 aromatic heterocycles. The SMILES string of the molecule is CN(C)NNNNNNN. The monoisotopic (exact) mass is 150 g/mol. The van der Waals surface area contributed by atoms with Crippen molar-refractivity contribution in [1.29, 1.82) is 0 Å². The molecule has 0 aromatic rings. The van der Waals surface area contributed by atoms with Crippen LogP contribution < -0.4 is 39.1 Å². The van der Waals surface area contributed by atoms with Crippen molar-refractivity contribution in [1.82, 2.24) is 38.2 Å². The van der Waals surface area contributed by atoms with Crippen molar-refractivity contribution in [2.45, 2.75) is 0 Å². The maximum absolute atomic E-state index is 4.85. The molecule has 0 amide bonds. The lowest BCUT2D eigenvalue weighted by molar-refractivity contribution is 0.179. The van der Waals surface area contributed by atoms with E-state index in [0.717, 1.165) is 0 Å². The zero-order chi connectivity index (χ0) is 7.82. The van der Waals surface area contributed by atoms with Gasteiger partial charge >= 0.3 is 0 Å². The minimum absolute atomic E-state index is 1.71. The smallest absolute Gasteiger partial charge is 0.00267 e. The lowest BCUT2D eigenvalue weighted by atomic mass is 11.2. The highest BCUT2D eigenvalue weighted by Crippen LogP contribution is 1.50. The topological polar surface area (TPSA) is 101 Å². The molecule has 0 rings (SSSR count). The van der Waals surface area contributed by atoms with Crippen molar-refractivity contribution in [2.24, 2.45) is 5.84 Å². The van der Waals surface area contributed by atoms with Crippen LogP contribution in [0.15, 0.2) is 0 Å². The molecule has 0 saturated carbocycles. The summed E-state index contributed by atoms with van der Waals surface area (Å²) in [6, 6.07) is 0. The molecule has 0 bridgehead atoms. The molecule has 0 heterocycles. The summed E-state index contributed by atoms with van der Waals surface area (Å²) in [5.74, 6) is 4.85. The van der Waals surface area contributed by atoms with Gasteiger partial charge in [-0.2, -0.15) is 33.2 Å². The van der Waals surface area contributed by atoms with Crippen LogP contribution in [0.3, 0.4) is 0 Å². The van der Waals surface area contributed by atoms with Gasteiger partial charge in [-0.15, -0.1) is 0 Å². The van der Waals surface area contributed by atoms with Gasteiger partial charge in [-0.3, -0.25) is 5.84 Å². The van der Waals surface area contributed by atoms with Crippen molar-refractivity contribution in [2.75, 3.05) is 14.1 Å². The minimum atomic E-state index is 1.71. The van der Waals surface area contributed by atoms with Crippen LogP contribution in [0, 0.1) is 0 Å². The second-order valence-corrected chi connectivity index (χ2v) is 1.65. The van der Waals surface area contributed by atoms with Gasteiger partial charge in [-0.1, -0.05) is 0 Å². The molecule has 0 atom stereocenters. The van der Waals surface area contributed by atoms with Crippen molar-refractivity contribution in [3.8, 4) is 0 Å². The summed E-state index contributed by atoms with van der Waals surface area (Å²) < 4.78 is 0. The van der Waals surface area contributed by atoms with Gasteiger partial charge in [0.25, 0.3) is 0 Å². The van der Waals surface area contributed by atoms with E-state index in [-0.39, 0.29) is 0 Å². The molecule has 0 aliphatic carbocycles. The van der Waals surface area contributed by atoms with Gasteiger partial charge in [0.1, 0.15) is 0 Å². The van der Waals surface area contributed by atoms with Crippen LogP contribution in [0.25, 0.3) is 0 Å². The third kappa shape index (κ3) is 7.68. The fraction of sp³-hybridized carbons (Fsp3) is 1.00. The molecule has 10 heavy (non-hydrogen) atoms. The molecule has 0 spiro atoms. The predicted octanol–water partition coefficient (Wildman–Crippen LogP) is -3.55. The van der Waals surface area contributed by atoms with E-state index in [1.807, 2.05) is 14.1 Å². The van der Waals surface area contributed by atoms with Crippen LogP contribution in [0.1, 0.15) is 0 Å². The standard InChI is InChI=1S/C2H14N8/c1-10(2)9-8-7-6-5-4-3/h4-9H,3H2,1-2H3. The van der Waals surface area contributed by atoms with Crippen LogP contribution in [-0.4, -0.2) is 19.1 Å². The van der Waals surface area contributed by atoms with E-state index in [2.05, 4.69) is 33.2 Å². The van der Waals surface area contributed by atoms with Crippen molar-refractivity contribution in [3.05, 3.63) is 0 Å². The molecular weight excluding hydrogens is 136 g/mol. The minimum Gasteiger partial charge on any atom is -0.257 e. The molecular formula is C2H14N8. The van der Waals surface area contributed by atoms with Gasteiger partial charge in [0.2, 0.25) is 0 Å². The zero-order valence-corrected chi connectivity index (χ0v) is 6.02. The fourth-order valence-electron chi connectivity index (χ4n) is 0.238. The number of nitrogens with two attached hydrogens (primary N) is 1. The molecule has 8 heteroatoms. The molecule has 8 nitrogen and oxygen atoms in total. The van der Waals surface area contributed by atoms with E-state index in [1.54, 1.807) is 5.01 Å². The predicted molar refractivity (Wildman–Crippen MR) is 36.7 cm³/mol. The second kappa shape index (κ2) is 6.80. The maximum atomic E-state index is 4.85. The first-order chi connectivity index (χ1) is 4.77. The number of hydrogen-bond donors (Lipinski definition) is 7. The molecule has 0 aliphatic heterocycles. The number of rotatable bonds is 6. The first-order valence-corrected chi connectivity index (χ1v) is 2.66. The van der Waals surface area contributed by atoms with E-state index in [9.17, 15) is 0 Å². The third-order valence-corrected chi connectivity index (χ3v) is 0.539. The van der Waals surface area contributed by atoms with Crippen molar-refractivity contribution in [3.63, 3.8) is 0 Å². The Morgan fingerprint density at radius 3 is 2.10 bits per heavy atom. The highest BCUT2D eigenvalue weighted by atomic mass is 15.9. The largest absolute Gasteiger partial charge is 0.257 e. The van der Waals surface area contributed by atoms with E-state index >= 15 is 0 Å². The van der Waals surface area contributed by atoms with Gasteiger partial charge in [-0.25, -0.2) is 5.01 Å². The summed E-state index contributed by atoms with van der Waals surface area (Å²) in [6.45, 7) is 0. The Morgan fingerprint density at radius 2 is 1.60 bits per heavy atom. The van der Waals surface area contributed by atoms with Crippen LogP contribution >= 0.6 is 0 Å². The summed E-state index contributed by atoms with van der Waals surface area (Å²) in [6.07, 6.45) is 0. The van der Waals surface area contributed by atoms with Crippen LogP contribution in [0.2, 0.25) is 0 Å². The van der Waals surface area contributed by atoms with E-state index in [0.29, 0.717) is 0 Å². The summed E-state index contributed by atoms with van der Waals surface area (Å²) in [4.78, 5) is 0. The lowest BCUT2D eigenvalue weighted by Gasteiger charge is -2.14. The number of hydrazine groups is 7. The molecule has 0 fully saturated rings. The third-order valence-electron chi connectivity index (χ3n) is 0.539. The Bertz CT molecular complexity index is 62.3. The van der Waals surface area contributed by atoms with Gasteiger partial charge in [0.05, 0.1) is 0 Å². The second-order valence-electron chi connectivity index (χ2n) is 1.65. The van der Waals surface area contributed by atoms with Gasteiger partial charge in [-0.05, 0) is 0 Å². The van der Waals surface area contributed by atoms with Crippen LogP contribution in [0.5, 0.6) is 0 Å². The Morgan fingerprint density at radius 1 is 1.00 bits per heavy atom. The first kappa shape index (κ1) is 9.68. The quantitative estimate of drug-likeness (QED) is 0.119. The molecule has 0 unspecified atom stereocenters. The van der Waals surface area contributed by atoms with E-state index < -0.39 is 0 Å². The summed E-state index contributed by atoms with van der Waals surface area (Å²) in [5, 5.41) is 1.71. The number of hydrogen-bond acceptors (Lipinski definition) is 8. The first-order valence-electron chi connectivity index (χ1n) is 2.66. The lowest BCUT2D eigenvalue weighted by Crippen LogP contribution is -2.61. The van der Waals surface area contributed by atoms with Crippen molar-refractivity contribution < 1.29 is 0 Å². The van der Waals surface area contributed by atoms with E-state index in [4.69, 9.17) is 5.84 Å². The van der Waals surface area contributed by atoms with E-state index in [1.165, 1.54) is 0 Å². The Labute approximate surface area is 59.3 Å². The highest BCUT2D eigenvalue weighted by molar-refractivity contribution is 4.17. The Kier molecular flexibility index (Phi) is 6.58. The number of nitrogens with one attached hydrogen (secondary N) is 6. The van der Waals surface area contributed by atoms with Gasteiger partial charge in [0.15, 0.2) is 0 Å². The Balaban J connectivity index is 2.77. The van der Waals surface area contributed by atoms with Crippen LogP contribution in [-0.2, 0) is 0 Å². The molecule has 0 aromatic carbocycles. The molecule has 0 saturated heterocycles. The summed E-state index contributed by atoms with van der Waals surface area (Å²) in [5.41, 5.74) is 14.8. The summed E-state index contributed by atoms with van der Waals surface area (Å²) in [7, 11) is 3.67. The molecule has 62 valence electrons. The van der Waals surface area contributed by atoms with Crippen molar-refractivity contribution >= 4 is 0 Å². The zero-order valence-electron chi connectivity index (χ0n) is 6.02. The van der Waals surface area contributed by atoms with Gasteiger partial charge < -0.3 is 0 Å². The Hall–Kier alpha value is -0.320. The molecule has 0 radical (unpaired) electrons. The average Bonchev–Trinajstić information content (AvgIpc) is 1.87. The van der Waals surface area contributed by atoms with Gasteiger partial charge in [0, 0.05) is 14.1 Å². The number of nitrogens with zero attached hydrogens (tertiary/aromatic N) is 1. The normalized spacial score (nSPS) is 10.8. The summed E-state index contributed by atoms with van der Waals surface area (Å²) >= 11 is 0.